The lowest BCUT2D eigenvalue weighted by Crippen LogP contribution is -2.45. The lowest BCUT2D eigenvalue weighted by molar-refractivity contribution is 0.0522. The Bertz CT molecular complexity index is 404. The van der Waals surface area contributed by atoms with Crippen LogP contribution in [0.2, 0.25) is 0 Å². The van der Waals surface area contributed by atoms with Gasteiger partial charge in [-0.3, -0.25) is 4.79 Å². The number of rotatable bonds is 4. The van der Waals surface area contributed by atoms with E-state index in [0.717, 1.165) is 12.8 Å². The fourth-order valence-corrected chi connectivity index (χ4v) is 2.32. The van der Waals surface area contributed by atoms with Crippen LogP contribution in [0, 0.1) is 0 Å². The van der Waals surface area contributed by atoms with Gasteiger partial charge in [0.2, 0.25) is 0 Å². The Hall–Kier alpha value is -1.00. The van der Waals surface area contributed by atoms with Crippen molar-refractivity contribution in [2.75, 3.05) is 13.2 Å². The molecular formula is C13H17NO2S. The molecule has 0 aliphatic heterocycles. The molecule has 1 aromatic rings. The third-order valence-electron chi connectivity index (χ3n) is 3.25. The molecule has 0 atom stereocenters. The minimum absolute atomic E-state index is 0.0109. The zero-order valence-electron chi connectivity index (χ0n) is 9.67. The maximum Gasteiger partial charge on any atom is 0.255 e. The number of thiol groups is 1. The summed E-state index contributed by atoms with van der Waals surface area (Å²) in [4.78, 5) is 14.8. The third-order valence-corrected chi connectivity index (χ3v) is 3.64. The van der Waals surface area contributed by atoms with Crippen molar-refractivity contribution in [1.29, 1.82) is 0 Å². The monoisotopic (exact) mass is 251 g/mol. The number of hydrogen-bond donors (Lipinski definition) is 2. The topological polar surface area (TPSA) is 40.5 Å². The van der Waals surface area contributed by atoms with Gasteiger partial charge < -0.3 is 10.0 Å². The smallest absolute Gasteiger partial charge is 0.255 e. The molecule has 2 rings (SSSR count). The van der Waals surface area contributed by atoms with Crippen LogP contribution in [0.1, 0.15) is 29.6 Å². The van der Waals surface area contributed by atoms with Gasteiger partial charge in [-0.2, -0.15) is 0 Å². The van der Waals surface area contributed by atoms with E-state index >= 15 is 0 Å². The van der Waals surface area contributed by atoms with Gasteiger partial charge in [-0.25, -0.2) is 0 Å². The number of aliphatic hydroxyl groups is 1. The molecule has 1 aliphatic rings. The summed E-state index contributed by atoms with van der Waals surface area (Å²) in [6, 6.07) is 7.59. The second-order valence-electron chi connectivity index (χ2n) is 4.32. The van der Waals surface area contributed by atoms with Gasteiger partial charge in [0.05, 0.1) is 12.2 Å². The number of carbonyl (C=O) groups is 1. The first-order valence-corrected chi connectivity index (χ1v) is 6.38. The van der Waals surface area contributed by atoms with E-state index in [1.807, 2.05) is 18.2 Å². The lowest BCUT2D eigenvalue weighted by Gasteiger charge is -2.37. The minimum atomic E-state index is -0.0191. The average molecular weight is 251 g/mol. The predicted octanol–water partition coefficient (Wildman–Crippen LogP) is 1.96. The van der Waals surface area contributed by atoms with Gasteiger partial charge in [0.25, 0.3) is 5.91 Å². The Kier molecular flexibility index (Phi) is 4.07. The number of carbonyl (C=O) groups excluding carboxylic acids is 1. The summed E-state index contributed by atoms with van der Waals surface area (Å²) >= 11 is 4.31. The van der Waals surface area contributed by atoms with Crippen molar-refractivity contribution in [3.63, 3.8) is 0 Å². The van der Waals surface area contributed by atoms with Gasteiger partial charge in [0.1, 0.15) is 0 Å². The third kappa shape index (κ3) is 2.64. The van der Waals surface area contributed by atoms with Crippen molar-refractivity contribution >= 4 is 18.5 Å². The van der Waals surface area contributed by atoms with Crippen molar-refractivity contribution in [3.8, 4) is 0 Å². The van der Waals surface area contributed by atoms with Crippen LogP contribution in [0.25, 0.3) is 0 Å². The summed E-state index contributed by atoms with van der Waals surface area (Å²) in [6.45, 7) is 0.419. The van der Waals surface area contributed by atoms with Gasteiger partial charge in [0.15, 0.2) is 0 Å². The van der Waals surface area contributed by atoms with E-state index in [4.69, 9.17) is 5.11 Å². The van der Waals surface area contributed by atoms with E-state index in [1.54, 1.807) is 11.0 Å². The number of benzene rings is 1. The molecule has 0 radical (unpaired) electrons. The Morgan fingerprint density at radius 1 is 1.41 bits per heavy atom. The number of nitrogens with zero attached hydrogens (tertiary/aromatic N) is 1. The van der Waals surface area contributed by atoms with Crippen molar-refractivity contribution in [2.24, 2.45) is 0 Å². The van der Waals surface area contributed by atoms with Gasteiger partial charge in [-0.1, -0.05) is 12.1 Å². The Balaban J connectivity index is 2.18. The van der Waals surface area contributed by atoms with E-state index in [-0.39, 0.29) is 12.5 Å². The van der Waals surface area contributed by atoms with E-state index < -0.39 is 0 Å². The van der Waals surface area contributed by atoms with Crippen LogP contribution in [0.4, 0.5) is 0 Å². The molecule has 1 aliphatic carbocycles. The highest BCUT2D eigenvalue weighted by molar-refractivity contribution is 7.80. The predicted molar refractivity (Wildman–Crippen MR) is 69.5 cm³/mol. The molecule has 0 saturated heterocycles. The first-order valence-electron chi connectivity index (χ1n) is 5.94. The molecule has 0 bridgehead atoms. The highest BCUT2D eigenvalue weighted by atomic mass is 32.1. The first kappa shape index (κ1) is 12.5. The van der Waals surface area contributed by atoms with Crippen molar-refractivity contribution in [3.05, 3.63) is 29.8 Å². The van der Waals surface area contributed by atoms with E-state index in [0.29, 0.717) is 23.0 Å². The maximum absolute atomic E-state index is 12.4. The van der Waals surface area contributed by atoms with Crippen molar-refractivity contribution < 1.29 is 9.90 Å². The van der Waals surface area contributed by atoms with Crippen LogP contribution in [0.3, 0.4) is 0 Å². The lowest BCUT2D eigenvalue weighted by atomic mass is 9.91. The highest BCUT2D eigenvalue weighted by Crippen LogP contribution is 2.27. The molecular weight excluding hydrogens is 234 g/mol. The standard InChI is InChI=1S/C13H17NO2S/c15-9-8-14(10-4-3-5-10)13(16)11-6-1-2-7-12(11)17/h1-2,6-7,10,15,17H,3-5,8-9H2. The van der Waals surface area contributed by atoms with Crippen LogP contribution in [-0.4, -0.2) is 35.1 Å². The summed E-state index contributed by atoms with van der Waals surface area (Å²) in [5, 5.41) is 9.06. The van der Waals surface area contributed by atoms with Crippen LogP contribution in [0.15, 0.2) is 29.2 Å². The quantitative estimate of drug-likeness (QED) is 0.803. The number of amides is 1. The summed E-state index contributed by atoms with van der Waals surface area (Å²) in [5.74, 6) is -0.0191. The second kappa shape index (κ2) is 5.56. The van der Waals surface area contributed by atoms with Gasteiger partial charge in [-0.15, -0.1) is 12.6 Å². The van der Waals surface area contributed by atoms with Crippen molar-refractivity contribution in [1.82, 2.24) is 4.90 Å². The number of hydrogen-bond acceptors (Lipinski definition) is 3. The van der Waals surface area contributed by atoms with E-state index in [1.165, 1.54) is 6.42 Å². The molecule has 0 aromatic heterocycles. The summed E-state index contributed by atoms with van der Waals surface area (Å²) in [7, 11) is 0. The fourth-order valence-electron chi connectivity index (χ4n) is 2.07. The highest BCUT2D eigenvalue weighted by Gasteiger charge is 2.29. The van der Waals surface area contributed by atoms with Gasteiger partial charge in [0, 0.05) is 17.5 Å². The molecule has 1 aromatic carbocycles. The molecule has 1 amide bonds. The largest absolute Gasteiger partial charge is 0.395 e. The fraction of sp³-hybridized carbons (Fsp3) is 0.462. The zero-order chi connectivity index (χ0) is 12.3. The second-order valence-corrected chi connectivity index (χ2v) is 4.81. The van der Waals surface area contributed by atoms with E-state index in [9.17, 15) is 4.79 Å². The Labute approximate surface area is 107 Å². The van der Waals surface area contributed by atoms with Crippen LogP contribution >= 0.6 is 12.6 Å². The molecule has 1 saturated carbocycles. The average Bonchev–Trinajstić information content (AvgIpc) is 2.26. The first-order chi connectivity index (χ1) is 8.24. The van der Waals surface area contributed by atoms with Gasteiger partial charge >= 0.3 is 0 Å². The Morgan fingerprint density at radius 2 is 2.12 bits per heavy atom. The van der Waals surface area contributed by atoms with Crippen LogP contribution < -0.4 is 0 Å². The summed E-state index contributed by atoms with van der Waals surface area (Å²) in [6.07, 6.45) is 3.25. The molecule has 4 heteroatoms. The zero-order valence-corrected chi connectivity index (χ0v) is 10.6. The molecule has 3 nitrogen and oxygen atoms in total. The Morgan fingerprint density at radius 3 is 2.65 bits per heavy atom. The summed E-state index contributed by atoms with van der Waals surface area (Å²) < 4.78 is 0. The molecule has 17 heavy (non-hydrogen) atoms. The SMILES string of the molecule is O=C(c1ccccc1S)N(CCO)C1CCC1. The minimum Gasteiger partial charge on any atom is -0.395 e. The molecule has 0 spiro atoms. The van der Waals surface area contributed by atoms with E-state index in [2.05, 4.69) is 12.6 Å². The van der Waals surface area contributed by atoms with Crippen LogP contribution in [-0.2, 0) is 0 Å². The van der Waals surface area contributed by atoms with Crippen molar-refractivity contribution in [2.45, 2.75) is 30.2 Å². The normalized spacial score (nSPS) is 15.4. The molecule has 1 N–H and O–H groups in total. The summed E-state index contributed by atoms with van der Waals surface area (Å²) in [5.41, 5.74) is 0.621. The maximum atomic E-state index is 12.4. The molecule has 0 heterocycles. The molecule has 92 valence electrons. The van der Waals surface area contributed by atoms with Gasteiger partial charge in [-0.05, 0) is 31.4 Å². The molecule has 1 fully saturated rings. The van der Waals surface area contributed by atoms with Crippen LogP contribution in [0.5, 0.6) is 0 Å². The molecule has 0 unspecified atom stereocenters. The number of aliphatic hydroxyl groups excluding tert-OH is 1.